The number of amides is 2. The summed E-state index contributed by atoms with van der Waals surface area (Å²) in [7, 11) is 0. The maximum absolute atomic E-state index is 14.6. The van der Waals surface area contributed by atoms with Gasteiger partial charge in [-0.1, -0.05) is 52.0 Å². The van der Waals surface area contributed by atoms with E-state index in [4.69, 9.17) is 9.47 Å². The number of hydrogen-bond acceptors (Lipinski definition) is 6. The largest absolute Gasteiger partial charge is 0.465 e. The molecule has 0 radical (unpaired) electrons. The van der Waals surface area contributed by atoms with Crippen molar-refractivity contribution >= 4 is 17.8 Å². The summed E-state index contributed by atoms with van der Waals surface area (Å²) in [5, 5.41) is 10.3. The van der Waals surface area contributed by atoms with Gasteiger partial charge in [0.1, 0.15) is 17.6 Å². The molecule has 2 amide bonds. The predicted octanol–water partition coefficient (Wildman–Crippen LogP) is 3.23. The fourth-order valence-corrected chi connectivity index (χ4v) is 7.32. The van der Waals surface area contributed by atoms with Crippen LogP contribution in [0.2, 0.25) is 0 Å². The number of aliphatic hydroxyl groups excluding tert-OH is 1. The molecule has 206 valence electrons. The highest BCUT2D eigenvalue weighted by Gasteiger charge is 2.75. The molecule has 8 heteroatoms. The van der Waals surface area contributed by atoms with Gasteiger partial charge in [-0.3, -0.25) is 14.4 Å². The first-order valence-corrected chi connectivity index (χ1v) is 13.7. The number of fused-ring (bicyclic) bond motifs is 2. The number of esters is 1. The molecule has 0 saturated carbocycles. The van der Waals surface area contributed by atoms with Crippen LogP contribution in [0, 0.1) is 17.3 Å². The van der Waals surface area contributed by atoms with Crippen LogP contribution in [-0.2, 0) is 23.9 Å². The zero-order chi connectivity index (χ0) is 27.4. The predicted molar refractivity (Wildman–Crippen MR) is 139 cm³/mol. The first-order valence-electron chi connectivity index (χ1n) is 13.7. The van der Waals surface area contributed by atoms with E-state index in [2.05, 4.69) is 34.6 Å². The summed E-state index contributed by atoms with van der Waals surface area (Å²) in [4.78, 5) is 45.7. The molecule has 4 rings (SSSR count). The smallest absolute Gasteiger partial charge is 0.313 e. The van der Waals surface area contributed by atoms with Crippen LogP contribution in [0.1, 0.15) is 74.1 Å². The molecular formula is C29H44N2O6. The van der Waals surface area contributed by atoms with E-state index >= 15 is 0 Å². The lowest BCUT2D eigenvalue weighted by atomic mass is 9.74. The highest BCUT2D eigenvalue weighted by atomic mass is 16.6. The second kappa shape index (κ2) is 9.53. The first kappa shape index (κ1) is 27.8. The second-order valence-corrected chi connectivity index (χ2v) is 13.1. The van der Waals surface area contributed by atoms with E-state index in [0.29, 0.717) is 19.4 Å². The lowest BCUT2D eigenvalue weighted by Crippen LogP contribution is -2.62. The van der Waals surface area contributed by atoms with Crippen molar-refractivity contribution in [3.05, 3.63) is 24.3 Å². The minimum absolute atomic E-state index is 0.0297. The Bertz CT molecular complexity index is 993. The number of carbonyl (C=O) groups excluding carboxylic acids is 3. The lowest BCUT2D eigenvalue weighted by Gasteiger charge is -2.45. The van der Waals surface area contributed by atoms with Crippen LogP contribution < -0.4 is 0 Å². The Kier molecular flexibility index (Phi) is 7.17. The third-order valence-electron chi connectivity index (χ3n) is 8.46. The molecule has 2 saturated heterocycles. The average molecular weight is 517 g/mol. The van der Waals surface area contributed by atoms with E-state index in [1.165, 1.54) is 4.90 Å². The first-order chi connectivity index (χ1) is 17.2. The number of aliphatic hydroxyl groups is 1. The number of cyclic esters (lactones) is 1. The fraction of sp³-hybridized carbons (Fsp3) is 0.759. The van der Waals surface area contributed by atoms with Gasteiger partial charge in [-0.05, 0) is 51.9 Å². The summed E-state index contributed by atoms with van der Waals surface area (Å²) in [6.45, 7) is 14.6. The van der Waals surface area contributed by atoms with E-state index in [-0.39, 0.29) is 30.4 Å². The summed E-state index contributed by atoms with van der Waals surface area (Å²) in [6, 6.07) is -1.56. The molecule has 37 heavy (non-hydrogen) atoms. The van der Waals surface area contributed by atoms with Crippen LogP contribution >= 0.6 is 0 Å². The summed E-state index contributed by atoms with van der Waals surface area (Å²) in [6.07, 6.45) is 10.3. The van der Waals surface area contributed by atoms with E-state index in [1.54, 1.807) is 0 Å². The van der Waals surface area contributed by atoms with Crippen molar-refractivity contribution in [2.45, 2.75) is 103 Å². The van der Waals surface area contributed by atoms with Crippen molar-refractivity contribution in [1.82, 2.24) is 9.80 Å². The number of carbonyl (C=O) groups is 3. The minimum Gasteiger partial charge on any atom is -0.465 e. The maximum Gasteiger partial charge on any atom is 0.313 e. The highest BCUT2D eigenvalue weighted by molar-refractivity contribution is 5.99. The Labute approximate surface area is 221 Å². The van der Waals surface area contributed by atoms with Gasteiger partial charge in [-0.15, -0.1) is 0 Å². The van der Waals surface area contributed by atoms with E-state index in [1.807, 2.05) is 43.1 Å². The number of rotatable bonds is 5. The van der Waals surface area contributed by atoms with Gasteiger partial charge in [0.05, 0.1) is 30.8 Å². The number of ether oxygens (including phenoxy) is 2. The molecular weight excluding hydrogens is 472 g/mol. The standard InChI is InChI=1S/C29H44N2O6/c1-8-19(17-32)31-22-24(34)30(27(5,6)18-26(2,3)4)15-12-14-29(22)20(23(31)33)21-25(35)36-16-11-9-10-13-28(21,7)37-29/h10,12-14,19-22,32H,8-9,11,15-18H2,1-7H3/b13-10-/t19-,20-,21-,22?,28+,29-/m0/s1. The van der Waals surface area contributed by atoms with Gasteiger partial charge in [0.15, 0.2) is 0 Å². The third kappa shape index (κ3) is 4.54. The topological polar surface area (TPSA) is 96.4 Å². The van der Waals surface area contributed by atoms with Gasteiger partial charge in [-0.25, -0.2) is 0 Å². The molecule has 0 aromatic rings. The van der Waals surface area contributed by atoms with Crippen LogP contribution in [-0.4, -0.2) is 81.3 Å². The molecule has 4 aliphatic heterocycles. The molecule has 0 aromatic heterocycles. The molecule has 1 N–H and O–H groups in total. The monoisotopic (exact) mass is 516 g/mol. The van der Waals surface area contributed by atoms with Crippen LogP contribution in [0.25, 0.3) is 0 Å². The number of nitrogens with zero attached hydrogens (tertiary/aromatic N) is 2. The van der Waals surface area contributed by atoms with Crippen LogP contribution in [0.15, 0.2) is 24.3 Å². The number of allylic oxidation sites excluding steroid dienone is 1. The van der Waals surface area contributed by atoms with E-state index in [9.17, 15) is 19.5 Å². The van der Waals surface area contributed by atoms with Crippen LogP contribution in [0.4, 0.5) is 0 Å². The van der Waals surface area contributed by atoms with Gasteiger partial charge in [0.25, 0.3) is 0 Å². The van der Waals surface area contributed by atoms with Crippen LogP contribution in [0.5, 0.6) is 0 Å². The van der Waals surface area contributed by atoms with Crippen molar-refractivity contribution in [2.24, 2.45) is 17.3 Å². The minimum atomic E-state index is -1.34. The molecule has 4 heterocycles. The van der Waals surface area contributed by atoms with E-state index < -0.39 is 46.6 Å². The SMILES string of the molecule is CC[C@@H](CO)N1C(=O)[C@@H]2[C@H]3C(=O)OCCC/C=C\[C@@]3(C)O[C@@]23C=CCN(C(C)(C)CC(C)(C)C)C(=O)C13. The van der Waals surface area contributed by atoms with Gasteiger partial charge < -0.3 is 24.4 Å². The van der Waals surface area contributed by atoms with Gasteiger partial charge >= 0.3 is 5.97 Å². The zero-order valence-electron chi connectivity index (χ0n) is 23.5. The summed E-state index contributed by atoms with van der Waals surface area (Å²) >= 11 is 0. The zero-order valence-corrected chi connectivity index (χ0v) is 23.5. The Hall–Kier alpha value is -2.19. The number of hydrogen-bond donors (Lipinski definition) is 1. The Balaban J connectivity index is 1.88. The third-order valence-corrected chi connectivity index (χ3v) is 8.46. The van der Waals surface area contributed by atoms with Crippen molar-refractivity contribution in [1.29, 1.82) is 0 Å². The van der Waals surface area contributed by atoms with Crippen LogP contribution in [0.3, 0.4) is 0 Å². The molecule has 0 aromatic carbocycles. The second-order valence-electron chi connectivity index (χ2n) is 13.1. The van der Waals surface area contributed by atoms with E-state index in [0.717, 1.165) is 12.8 Å². The lowest BCUT2D eigenvalue weighted by molar-refractivity contribution is -0.163. The van der Waals surface area contributed by atoms with Crippen molar-refractivity contribution in [3.8, 4) is 0 Å². The van der Waals surface area contributed by atoms with Crippen molar-refractivity contribution in [3.63, 3.8) is 0 Å². The summed E-state index contributed by atoms with van der Waals surface area (Å²) < 4.78 is 12.4. The normalized spacial score (nSPS) is 36.1. The molecule has 6 atom stereocenters. The highest BCUT2D eigenvalue weighted by Crippen LogP contribution is 2.58. The molecule has 1 unspecified atom stereocenters. The van der Waals surface area contributed by atoms with Gasteiger partial charge in [0.2, 0.25) is 11.8 Å². The fourth-order valence-electron chi connectivity index (χ4n) is 7.32. The Morgan fingerprint density at radius 1 is 1.08 bits per heavy atom. The molecule has 2 fully saturated rings. The molecule has 4 aliphatic rings. The average Bonchev–Trinajstić information content (AvgIpc) is 3.12. The van der Waals surface area contributed by atoms with Gasteiger partial charge in [-0.2, -0.15) is 0 Å². The summed E-state index contributed by atoms with van der Waals surface area (Å²) in [5.41, 5.74) is -2.98. The molecule has 1 spiro atoms. The number of likely N-dealkylation sites (tertiary alicyclic amines) is 1. The Morgan fingerprint density at radius 3 is 2.41 bits per heavy atom. The van der Waals surface area contributed by atoms with Gasteiger partial charge in [0, 0.05) is 12.1 Å². The molecule has 0 aliphatic carbocycles. The quantitative estimate of drug-likeness (QED) is 0.445. The summed E-state index contributed by atoms with van der Waals surface area (Å²) in [5.74, 6) is -2.85. The molecule has 8 nitrogen and oxygen atoms in total. The van der Waals surface area contributed by atoms with Crippen molar-refractivity contribution in [2.75, 3.05) is 19.8 Å². The Morgan fingerprint density at radius 2 is 1.78 bits per heavy atom. The molecule has 0 bridgehead atoms. The van der Waals surface area contributed by atoms with Crippen molar-refractivity contribution < 1.29 is 29.0 Å². The maximum atomic E-state index is 14.6.